The molecule has 0 amide bonds. The van der Waals surface area contributed by atoms with Gasteiger partial charge in [-0.1, -0.05) is 0 Å². The van der Waals surface area contributed by atoms with Crippen LogP contribution < -0.4 is 0 Å². The van der Waals surface area contributed by atoms with Crippen LogP contribution in [0.3, 0.4) is 0 Å². The monoisotopic (exact) mass is 202 g/mol. The van der Waals surface area contributed by atoms with Crippen molar-refractivity contribution in [1.29, 1.82) is 0 Å². The zero-order valence-corrected chi connectivity index (χ0v) is 7.98. The van der Waals surface area contributed by atoms with Crippen LogP contribution in [0, 0.1) is 0 Å². The van der Waals surface area contributed by atoms with Crippen LogP contribution in [-0.4, -0.2) is 19.4 Å². The SMILES string of the molecule is c1cn2cc(-c3nccs3)nc2cn1. The summed E-state index contributed by atoms with van der Waals surface area (Å²) in [7, 11) is 0. The Morgan fingerprint density at radius 2 is 2.29 bits per heavy atom. The van der Waals surface area contributed by atoms with Gasteiger partial charge < -0.3 is 4.40 Å². The average molecular weight is 202 g/mol. The Kier molecular flexibility index (Phi) is 1.57. The second-order valence-corrected chi connectivity index (χ2v) is 3.70. The van der Waals surface area contributed by atoms with Gasteiger partial charge in [0.15, 0.2) is 5.65 Å². The Labute approximate surface area is 83.9 Å². The third-order valence-electron chi connectivity index (χ3n) is 1.92. The zero-order valence-electron chi connectivity index (χ0n) is 7.16. The van der Waals surface area contributed by atoms with Gasteiger partial charge in [0.25, 0.3) is 0 Å². The molecule has 0 saturated heterocycles. The fraction of sp³-hybridized carbons (Fsp3) is 0. The second kappa shape index (κ2) is 2.88. The van der Waals surface area contributed by atoms with Crippen molar-refractivity contribution >= 4 is 17.0 Å². The summed E-state index contributed by atoms with van der Waals surface area (Å²) in [6.45, 7) is 0. The normalized spacial score (nSPS) is 10.9. The second-order valence-electron chi connectivity index (χ2n) is 2.81. The summed E-state index contributed by atoms with van der Waals surface area (Å²) in [4.78, 5) is 12.6. The van der Waals surface area contributed by atoms with E-state index in [-0.39, 0.29) is 0 Å². The number of hydrogen-bond acceptors (Lipinski definition) is 4. The standard InChI is InChI=1S/C9H6N4S/c1-3-13-6-7(9-11-2-4-14-9)12-8(13)5-10-1/h1-6H. The third-order valence-corrected chi connectivity index (χ3v) is 2.71. The Morgan fingerprint density at radius 1 is 1.29 bits per heavy atom. The average Bonchev–Trinajstić information content (AvgIpc) is 2.86. The number of rotatable bonds is 1. The molecule has 0 spiro atoms. The van der Waals surface area contributed by atoms with Crippen LogP contribution in [-0.2, 0) is 0 Å². The molecule has 0 aromatic carbocycles. The molecule has 5 heteroatoms. The first-order valence-corrected chi connectivity index (χ1v) is 5.00. The van der Waals surface area contributed by atoms with Gasteiger partial charge in [-0.05, 0) is 0 Å². The smallest absolute Gasteiger partial charge is 0.156 e. The van der Waals surface area contributed by atoms with Gasteiger partial charge in [-0.3, -0.25) is 4.98 Å². The molecule has 3 rings (SSSR count). The Morgan fingerprint density at radius 3 is 3.07 bits per heavy atom. The van der Waals surface area contributed by atoms with E-state index in [1.165, 1.54) is 0 Å². The molecule has 0 bridgehead atoms. The predicted molar refractivity (Wildman–Crippen MR) is 54.1 cm³/mol. The summed E-state index contributed by atoms with van der Waals surface area (Å²) >= 11 is 1.58. The summed E-state index contributed by atoms with van der Waals surface area (Å²) in [5, 5.41) is 2.88. The molecular weight excluding hydrogens is 196 g/mol. The van der Waals surface area contributed by atoms with Crippen LogP contribution >= 0.6 is 11.3 Å². The highest BCUT2D eigenvalue weighted by Gasteiger charge is 2.05. The Bertz CT molecular complexity index is 522. The van der Waals surface area contributed by atoms with Crippen LogP contribution in [0.1, 0.15) is 0 Å². The van der Waals surface area contributed by atoms with Crippen LogP contribution in [0.4, 0.5) is 0 Å². The lowest BCUT2D eigenvalue weighted by molar-refractivity contribution is 1.13. The van der Waals surface area contributed by atoms with Gasteiger partial charge in [0.1, 0.15) is 10.7 Å². The topological polar surface area (TPSA) is 43.1 Å². The van der Waals surface area contributed by atoms with Crippen LogP contribution in [0.15, 0.2) is 36.4 Å². The number of imidazole rings is 1. The number of nitrogens with zero attached hydrogens (tertiary/aromatic N) is 4. The number of aromatic nitrogens is 4. The van der Waals surface area contributed by atoms with Crippen LogP contribution in [0.2, 0.25) is 0 Å². The molecule has 0 aliphatic heterocycles. The van der Waals surface area contributed by atoms with Gasteiger partial charge in [-0.2, -0.15) is 0 Å². The Hall–Kier alpha value is -1.75. The molecule has 0 N–H and O–H groups in total. The third kappa shape index (κ3) is 1.10. The summed E-state index contributed by atoms with van der Waals surface area (Å²) in [5.74, 6) is 0. The van der Waals surface area contributed by atoms with Gasteiger partial charge >= 0.3 is 0 Å². The first-order chi connectivity index (χ1) is 6.93. The number of hydrogen-bond donors (Lipinski definition) is 0. The Balaban J connectivity index is 2.24. The van der Waals surface area contributed by atoms with Crippen molar-refractivity contribution in [1.82, 2.24) is 19.4 Å². The molecule has 0 fully saturated rings. The van der Waals surface area contributed by atoms with E-state index < -0.39 is 0 Å². The maximum Gasteiger partial charge on any atom is 0.156 e. The van der Waals surface area contributed by atoms with E-state index >= 15 is 0 Å². The van der Waals surface area contributed by atoms with E-state index in [1.807, 2.05) is 22.2 Å². The first kappa shape index (κ1) is 7.64. The molecular formula is C9H6N4S. The molecule has 0 saturated carbocycles. The largest absolute Gasteiger partial charge is 0.304 e. The van der Waals surface area contributed by atoms with Gasteiger partial charge in [0.05, 0.1) is 6.20 Å². The maximum absolute atomic E-state index is 4.40. The van der Waals surface area contributed by atoms with E-state index in [1.54, 1.807) is 29.9 Å². The fourth-order valence-electron chi connectivity index (χ4n) is 1.30. The minimum atomic E-state index is 0.845. The zero-order chi connectivity index (χ0) is 9.38. The molecule has 0 unspecified atom stereocenters. The molecule has 0 aliphatic carbocycles. The highest BCUT2D eigenvalue weighted by Crippen LogP contribution is 2.20. The van der Waals surface area contributed by atoms with Gasteiger partial charge in [0, 0.05) is 30.2 Å². The predicted octanol–water partition coefficient (Wildman–Crippen LogP) is 1.85. The summed E-state index contributed by atoms with van der Waals surface area (Å²) in [6, 6.07) is 0. The molecule has 0 atom stereocenters. The summed E-state index contributed by atoms with van der Waals surface area (Å²) in [6.07, 6.45) is 9.08. The highest BCUT2D eigenvalue weighted by molar-refractivity contribution is 7.13. The van der Waals surface area contributed by atoms with Crippen molar-refractivity contribution in [2.45, 2.75) is 0 Å². The van der Waals surface area contributed by atoms with Crippen molar-refractivity contribution in [3.8, 4) is 10.7 Å². The molecule has 3 aromatic heterocycles. The maximum atomic E-state index is 4.40. The number of fused-ring (bicyclic) bond motifs is 1. The summed E-state index contributed by atoms with van der Waals surface area (Å²) in [5.41, 5.74) is 1.74. The quantitative estimate of drug-likeness (QED) is 0.604. The van der Waals surface area contributed by atoms with Crippen LogP contribution in [0.5, 0.6) is 0 Å². The summed E-state index contributed by atoms with van der Waals surface area (Å²) < 4.78 is 1.93. The van der Waals surface area contributed by atoms with E-state index in [2.05, 4.69) is 15.0 Å². The van der Waals surface area contributed by atoms with Crippen molar-refractivity contribution in [2.75, 3.05) is 0 Å². The first-order valence-electron chi connectivity index (χ1n) is 4.12. The lowest BCUT2D eigenvalue weighted by Crippen LogP contribution is -1.81. The van der Waals surface area contributed by atoms with Crippen molar-refractivity contribution < 1.29 is 0 Å². The molecule has 3 heterocycles. The minimum Gasteiger partial charge on any atom is -0.304 e. The number of thiazole rings is 1. The fourth-order valence-corrected chi connectivity index (χ4v) is 1.89. The molecule has 0 aliphatic rings. The van der Waals surface area contributed by atoms with Crippen molar-refractivity contribution in [3.05, 3.63) is 36.4 Å². The minimum absolute atomic E-state index is 0.845. The van der Waals surface area contributed by atoms with Gasteiger partial charge in [-0.25, -0.2) is 9.97 Å². The molecule has 3 aromatic rings. The highest BCUT2D eigenvalue weighted by atomic mass is 32.1. The lowest BCUT2D eigenvalue weighted by atomic mass is 10.5. The van der Waals surface area contributed by atoms with E-state index in [0.717, 1.165) is 16.3 Å². The van der Waals surface area contributed by atoms with E-state index in [9.17, 15) is 0 Å². The molecule has 68 valence electrons. The molecule has 4 nitrogen and oxygen atoms in total. The van der Waals surface area contributed by atoms with E-state index in [0.29, 0.717) is 0 Å². The van der Waals surface area contributed by atoms with Gasteiger partial charge in [0.2, 0.25) is 0 Å². The lowest BCUT2D eigenvalue weighted by Gasteiger charge is -1.86. The molecule has 0 radical (unpaired) electrons. The van der Waals surface area contributed by atoms with Crippen molar-refractivity contribution in [2.24, 2.45) is 0 Å². The molecule has 14 heavy (non-hydrogen) atoms. The van der Waals surface area contributed by atoms with E-state index in [4.69, 9.17) is 0 Å². The van der Waals surface area contributed by atoms with Crippen LogP contribution in [0.25, 0.3) is 16.3 Å². The van der Waals surface area contributed by atoms with Gasteiger partial charge in [-0.15, -0.1) is 11.3 Å². The van der Waals surface area contributed by atoms with Crippen molar-refractivity contribution in [3.63, 3.8) is 0 Å².